The maximum atomic E-state index is 12.4. The number of nitrogen functional groups attached to an aromatic ring is 1. The van der Waals surface area contributed by atoms with E-state index in [1.165, 1.54) is 0 Å². The van der Waals surface area contributed by atoms with E-state index in [9.17, 15) is 4.79 Å². The molecule has 5 nitrogen and oxygen atoms in total. The Morgan fingerprint density at radius 3 is 2.62 bits per heavy atom. The number of methoxy groups -OCH3 is 1. The average molecular weight is 378 g/mol. The first-order valence-corrected chi connectivity index (χ1v) is 7.96. The highest BCUT2D eigenvalue weighted by Crippen LogP contribution is 2.15. The van der Waals surface area contributed by atoms with Crippen LogP contribution in [-0.2, 0) is 16.0 Å². The van der Waals surface area contributed by atoms with Crippen LogP contribution in [0.4, 0.5) is 5.69 Å². The van der Waals surface area contributed by atoms with E-state index in [-0.39, 0.29) is 30.7 Å². The van der Waals surface area contributed by atoms with Crippen molar-refractivity contribution in [3.05, 3.63) is 29.8 Å². The van der Waals surface area contributed by atoms with Gasteiger partial charge in [-0.25, -0.2) is 0 Å². The minimum absolute atomic E-state index is 0. The number of para-hydroxylation sites is 1. The summed E-state index contributed by atoms with van der Waals surface area (Å²) in [7, 11) is 1.72. The van der Waals surface area contributed by atoms with E-state index in [2.05, 4.69) is 11.8 Å². The zero-order valence-corrected chi connectivity index (χ0v) is 16.1. The number of nitrogens with two attached hydrogens (primary N) is 1. The smallest absolute Gasteiger partial charge is 0.222 e. The van der Waals surface area contributed by atoms with Crippen molar-refractivity contribution in [1.29, 1.82) is 0 Å². The quantitative estimate of drug-likeness (QED) is 0.772. The number of hydrogen-bond donors (Lipinski definition) is 1. The number of nitrogens with zero attached hydrogens (tertiary/aromatic N) is 2. The minimum atomic E-state index is 0. The van der Waals surface area contributed by atoms with Crippen LogP contribution in [0, 0.1) is 0 Å². The van der Waals surface area contributed by atoms with Gasteiger partial charge in [-0.05, 0) is 25.0 Å². The molecule has 0 radical (unpaired) electrons. The fourth-order valence-electron chi connectivity index (χ4n) is 2.92. The molecule has 1 heterocycles. The van der Waals surface area contributed by atoms with Crippen molar-refractivity contribution in [1.82, 2.24) is 9.80 Å². The summed E-state index contributed by atoms with van der Waals surface area (Å²) in [4.78, 5) is 16.7. The van der Waals surface area contributed by atoms with Gasteiger partial charge in [-0.15, -0.1) is 24.8 Å². The molecule has 2 rings (SSSR count). The zero-order valence-electron chi connectivity index (χ0n) is 14.4. The predicted octanol–water partition coefficient (Wildman–Crippen LogP) is 2.22. The van der Waals surface area contributed by atoms with Crippen LogP contribution in [0.25, 0.3) is 0 Å². The molecular formula is C17H29Cl2N3O2. The molecule has 1 amide bonds. The molecule has 138 valence electrons. The largest absolute Gasteiger partial charge is 0.399 e. The third kappa shape index (κ3) is 6.48. The summed E-state index contributed by atoms with van der Waals surface area (Å²) in [5.74, 6) is 0.224. The predicted molar refractivity (Wildman–Crippen MR) is 103 cm³/mol. The average Bonchev–Trinajstić information content (AvgIpc) is 2.52. The van der Waals surface area contributed by atoms with Crippen LogP contribution >= 0.6 is 24.8 Å². The molecule has 1 aromatic carbocycles. The Morgan fingerprint density at radius 1 is 1.29 bits per heavy atom. The minimum Gasteiger partial charge on any atom is -0.399 e. The Hall–Kier alpha value is -1.01. The van der Waals surface area contributed by atoms with Gasteiger partial charge in [0.2, 0.25) is 5.91 Å². The Labute approximate surface area is 157 Å². The van der Waals surface area contributed by atoms with Crippen LogP contribution in [0.3, 0.4) is 0 Å². The molecule has 1 unspecified atom stereocenters. The first-order valence-electron chi connectivity index (χ1n) is 7.96. The summed E-state index contributed by atoms with van der Waals surface area (Å²) in [6, 6.07) is 8.15. The highest BCUT2D eigenvalue weighted by Gasteiger charge is 2.26. The van der Waals surface area contributed by atoms with Gasteiger partial charge < -0.3 is 15.4 Å². The van der Waals surface area contributed by atoms with Gasteiger partial charge in [0.05, 0.1) is 6.61 Å². The summed E-state index contributed by atoms with van der Waals surface area (Å²) in [6.07, 6.45) is 1.24. The third-order valence-corrected chi connectivity index (χ3v) is 4.36. The Morgan fingerprint density at radius 2 is 2.00 bits per heavy atom. The number of anilines is 1. The van der Waals surface area contributed by atoms with E-state index in [1.807, 2.05) is 29.2 Å². The molecule has 1 atom stereocenters. The SMILES string of the molecule is COCCN1CCN(C(=O)CCc2ccccc2N)CC1C.Cl.Cl. The van der Waals surface area contributed by atoms with E-state index in [1.54, 1.807) is 7.11 Å². The topological polar surface area (TPSA) is 58.8 Å². The number of rotatable bonds is 6. The molecule has 1 fully saturated rings. The fourth-order valence-corrected chi connectivity index (χ4v) is 2.92. The first-order chi connectivity index (χ1) is 10.6. The number of ether oxygens (including phenoxy) is 1. The van der Waals surface area contributed by atoms with Crippen LogP contribution in [0.1, 0.15) is 18.9 Å². The molecule has 1 aliphatic heterocycles. The normalized spacial score (nSPS) is 17.8. The summed E-state index contributed by atoms with van der Waals surface area (Å²) >= 11 is 0. The second-order valence-electron chi connectivity index (χ2n) is 5.92. The number of piperazine rings is 1. The van der Waals surface area contributed by atoms with Crippen LogP contribution in [-0.4, -0.2) is 61.6 Å². The highest BCUT2D eigenvalue weighted by molar-refractivity contribution is 5.85. The van der Waals surface area contributed by atoms with Crippen molar-refractivity contribution in [2.24, 2.45) is 0 Å². The lowest BCUT2D eigenvalue weighted by Gasteiger charge is -2.39. The summed E-state index contributed by atoms with van der Waals surface area (Å²) in [5, 5.41) is 0. The van der Waals surface area contributed by atoms with E-state index < -0.39 is 0 Å². The molecule has 0 aliphatic carbocycles. The Balaban J connectivity index is 0.00000264. The molecule has 1 saturated heterocycles. The van der Waals surface area contributed by atoms with E-state index in [4.69, 9.17) is 10.5 Å². The van der Waals surface area contributed by atoms with Crippen LogP contribution in [0.15, 0.2) is 24.3 Å². The van der Waals surface area contributed by atoms with Crippen LogP contribution < -0.4 is 5.73 Å². The highest BCUT2D eigenvalue weighted by atomic mass is 35.5. The van der Waals surface area contributed by atoms with Crippen molar-refractivity contribution in [2.45, 2.75) is 25.8 Å². The Kier molecular flexibility index (Phi) is 11.0. The third-order valence-electron chi connectivity index (χ3n) is 4.36. The van der Waals surface area contributed by atoms with Crippen molar-refractivity contribution in [3.63, 3.8) is 0 Å². The number of benzene rings is 1. The number of carbonyl (C=O) groups excluding carboxylic acids is 1. The molecule has 0 bridgehead atoms. The van der Waals surface area contributed by atoms with Crippen molar-refractivity contribution < 1.29 is 9.53 Å². The summed E-state index contributed by atoms with van der Waals surface area (Å²) in [5.41, 5.74) is 7.76. The molecule has 0 saturated carbocycles. The van der Waals surface area contributed by atoms with E-state index >= 15 is 0 Å². The molecule has 1 aliphatic rings. The van der Waals surface area contributed by atoms with Gasteiger partial charge in [0.25, 0.3) is 0 Å². The van der Waals surface area contributed by atoms with Crippen molar-refractivity contribution in [3.8, 4) is 0 Å². The molecule has 0 spiro atoms. The molecule has 2 N–H and O–H groups in total. The number of aryl methyl sites for hydroxylation is 1. The second-order valence-corrected chi connectivity index (χ2v) is 5.92. The van der Waals surface area contributed by atoms with Gasteiger partial charge in [0.1, 0.15) is 0 Å². The lowest BCUT2D eigenvalue weighted by atomic mass is 10.1. The number of carbonyl (C=O) groups is 1. The molecular weight excluding hydrogens is 349 g/mol. The Bertz CT molecular complexity index is 502. The lowest BCUT2D eigenvalue weighted by Crippen LogP contribution is -2.54. The fraction of sp³-hybridized carbons (Fsp3) is 0.588. The summed E-state index contributed by atoms with van der Waals surface area (Å²) in [6.45, 7) is 6.36. The zero-order chi connectivity index (χ0) is 15.9. The van der Waals surface area contributed by atoms with Gasteiger partial charge in [-0.1, -0.05) is 18.2 Å². The number of hydrogen-bond acceptors (Lipinski definition) is 4. The van der Waals surface area contributed by atoms with Crippen molar-refractivity contribution in [2.75, 3.05) is 45.6 Å². The van der Waals surface area contributed by atoms with Crippen LogP contribution in [0.5, 0.6) is 0 Å². The summed E-state index contributed by atoms with van der Waals surface area (Å²) < 4.78 is 5.13. The first kappa shape index (κ1) is 23.0. The maximum absolute atomic E-state index is 12.4. The van der Waals surface area contributed by atoms with Gasteiger partial charge in [0, 0.05) is 51.4 Å². The number of halogens is 2. The number of amides is 1. The van der Waals surface area contributed by atoms with E-state index in [0.717, 1.165) is 44.0 Å². The van der Waals surface area contributed by atoms with Crippen molar-refractivity contribution >= 4 is 36.4 Å². The van der Waals surface area contributed by atoms with E-state index in [0.29, 0.717) is 18.9 Å². The maximum Gasteiger partial charge on any atom is 0.222 e. The molecule has 1 aromatic rings. The van der Waals surface area contributed by atoms with Gasteiger partial charge >= 0.3 is 0 Å². The van der Waals surface area contributed by atoms with Gasteiger partial charge in [0.15, 0.2) is 0 Å². The lowest BCUT2D eigenvalue weighted by molar-refractivity contribution is -0.134. The molecule has 7 heteroatoms. The van der Waals surface area contributed by atoms with Gasteiger partial charge in [-0.2, -0.15) is 0 Å². The van der Waals surface area contributed by atoms with Crippen LogP contribution in [0.2, 0.25) is 0 Å². The molecule has 0 aromatic heterocycles. The molecule has 24 heavy (non-hydrogen) atoms. The standard InChI is InChI=1S/C17H27N3O2.2ClH/c1-14-13-20(10-9-19(14)11-12-22-2)17(21)8-7-15-5-3-4-6-16(15)18;;/h3-6,14H,7-13,18H2,1-2H3;2*1H. The van der Waals surface area contributed by atoms with Gasteiger partial charge in [-0.3, -0.25) is 9.69 Å². The monoisotopic (exact) mass is 377 g/mol. The second kappa shape index (κ2) is 11.5.